The van der Waals surface area contributed by atoms with Crippen molar-refractivity contribution >= 4 is 44.8 Å². The van der Waals surface area contributed by atoms with Gasteiger partial charge in [0.15, 0.2) is 0 Å². The van der Waals surface area contributed by atoms with E-state index in [0.717, 1.165) is 35.0 Å². The molecule has 42 heavy (non-hydrogen) atoms. The van der Waals surface area contributed by atoms with Crippen molar-refractivity contribution in [3.63, 3.8) is 0 Å². The summed E-state index contributed by atoms with van der Waals surface area (Å²) in [7, 11) is -4.07. The molecule has 0 saturated carbocycles. The van der Waals surface area contributed by atoms with Gasteiger partial charge in [-0.15, -0.1) is 0 Å². The van der Waals surface area contributed by atoms with Crippen LogP contribution >= 0.6 is 11.6 Å². The fourth-order valence-corrected chi connectivity index (χ4v) is 5.58. The van der Waals surface area contributed by atoms with Gasteiger partial charge in [0.05, 0.1) is 16.9 Å². The van der Waals surface area contributed by atoms with Crippen molar-refractivity contribution in [3.05, 3.63) is 105 Å². The van der Waals surface area contributed by atoms with Crippen LogP contribution < -0.4 is 9.62 Å². The highest BCUT2D eigenvalue weighted by molar-refractivity contribution is 7.92. The van der Waals surface area contributed by atoms with E-state index in [1.807, 2.05) is 37.3 Å². The summed E-state index contributed by atoms with van der Waals surface area (Å²) in [5.74, 6) is -1.03. The Morgan fingerprint density at radius 3 is 2.33 bits per heavy atom. The Hall–Kier alpha value is -3.96. The Morgan fingerprint density at radius 2 is 1.71 bits per heavy atom. The monoisotopic (exact) mass is 614 g/mol. The van der Waals surface area contributed by atoms with Crippen molar-refractivity contribution in [1.82, 2.24) is 10.2 Å². The summed E-state index contributed by atoms with van der Waals surface area (Å²) in [6, 6.07) is 18.9. The van der Waals surface area contributed by atoms with E-state index in [1.54, 1.807) is 31.2 Å². The molecule has 10 nitrogen and oxygen atoms in total. The number of benzene rings is 3. The maximum absolute atomic E-state index is 14.1. The van der Waals surface area contributed by atoms with Crippen LogP contribution in [0, 0.1) is 17.0 Å². The maximum Gasteiger partial charge on any atom is 0.271 e. The lowest BCUT2D eigenvalue weighted by atomic mass is 10.0. The van der Waals surface area contributed by atoms with E-state index in [-0.39, 0.29) is 30.2 Å². The van der Waals surface area contributed by atoms with E-state index in [9.17, 15) is 28.1 Å². The third kappa shape index (κ3) is 9.02. The van der Waals surface area contributed by atoms with Crippen molar-refractivity contribution in [2.75, 3.05) is 23.7 Å². The molecule has 3 rings (SSSR count). The second-order valence-electron chi connectivity index (χ2n) is 10.00. The number of unbranched alkanes of at least 4 members (excludes halogenated alkanes) is 1. The molecule has 0 aliphatic rings. The second-order valence-corrected chi connectivity index (χ2v) is 12.3. The van der Waals surface area contributed by atoms with Crippen LogP contribution in [0.5, 0.6) is 0 Å². The lowest BCUT2D eigenvalue weighted by Gasteiger charge is -2.33. The predicted molar refractivity (Wildman–Crippen MR) is 164 cm³/mol. The molecule has 0 radical (unpaired) electrons. The molecule has 3 aromatic carbocycles. The lowest BCUT2D eigenvalue weighted by Crippen LogP contribution is -2.53. The molecule has 0 heterocycles. The Morgan fingerprint density at radius 1 is 1.02 bits per heavy atom. The van der Waals surface area contributed by atoms with Gasteiger partial charge in [-0.05, 0) is 42.2 Å². The molecule has 0 fully saturated rings. The molecule has 12 heteroatoms. The van der Waals surface area contributed by atoms with Crippen molar-refractivity contribution in [1.29, 1.82) is 0 Å². The Bertz CT molecular complexity index is 1520. The van der Waals surface area contributed by atoms with E-state index in [2.05, 4.69) is 5.32 Å². The fraction of sp³-hybridized carbons (Fsp3) is 0.333. The molecular weight excluding hydrogens is 580 g/mol. The molecule has 0 unspecified atom stereocenters. The van der Waals surface area contributed by atoms with Gasteiger partial charge in [-0.3, -0.25) is 24.0 Å². The number of hydrogen-bond donors (Lipinski definition) is 1. The molecule has 0 aliphatic heterocycles. The summed E-state index contributed by atoms with van der Waals surface area (Å²) in [5.41, 5.74) is 1.58. The first kappa shape index (κ1) is 32.6. The number of aryl methyl sites for hydroxylation is 1. The Balaban J connectivity index is 2.09. The second kappa shape index (κ2) is 14.8. The normalized spacial score (nSPS) is 11.9. The van der Waals surface area contributed by atoms with Crippen LogP contribution in [0.4, 0.5) is 11.4 Å². The zero-order valence-corrected chi connectivity index (χ0v) is 25.4. The number of anilines is 1. The molecule has 1 N–H and O–H groups in total. The minimum absolute atomic E-state index is 0.00904. The number of nitrogens with zero attached hydrogens (tertiary/aromatic N) is 3. The number of nitrogens with one attached hydrogen (secondary N) is 1. The van der Waals surface area contributed by atoms with Gasteiger partial charge in [-0.1, -0.05) is 73.5 Å². The van der Waals surface area contributed by atoms with Crippen molar-refractivity contribution in [3.8, 4) is 0 Å². The smallest absolute Gasteiger partial charge is 0.271 e. The summed E-state index contributed by atoms with van der Waals surface area (Å²) in [6.07, 6.45) is 2.72. The third-order valence-electron chi connectivity index (χ3n) is 6.69. The number of nitro benzene ring substituents is 1. The van der Waals surface area contributed by atoms with E-state index in [1.165, 1.54) is 17.0 Å². The van der Waals surface area contributed by atoms with Crippen LogP contribution in [0.25, 0.3) is 0 Å². The van der Waals surface area contributed by atoms with Crippen LogP contribution in [-0.4, -0.2) is 55.4 Å². The highest BCUT2D eigenvalue weighted by atomic mass is 35.5. The van der Waals surface area contributed by atoms with Crippen LogP contribution in [0.3, 0.4) is 0 Å². The Kier molecular flexibility index (Phi) is 11.5. The van der Waals surface area contributed by atoms with Gasteiger partial charge in [0, 0.05) is 36.7 Å². The largest absolute Gasteiger partial charge is 0.354 e. The van der Waals surface area contributed by atoms with Crippen molar-refractivity contribution in [2.45, 2.75) is 45.7 Å². The number of carbonyl (C=O) groups excluding carboxylic acids is 2. The average molecular weight is 615 g/mol. The van der Waals surface area contributed by atoms with E-state index in [0.29, 0.717) is 22.7 Å². The Labute approximate surface area is 251 Å². The van der Waals surface area contributed by atoms with Crippen LogP contribution in [0.1, 0.15) is 36.5 Å². The number of hydrogen-bond acceptors (Lipinski definition) is 6. The highest BCUT2D eigenvalue weighted by Gasteiger charge is 2.33. The number of amides is 2. The predicted octanol–water partition coefficient (Wildman–Crippen LogP) is 4.88. The first-order valence-corrected chi connectivity index (χ1v) is 15.7. The number of carbonyl (C=O) groups is 2. The molecule has 2 amide bonds. The molecule has 3 aromatic rings. The molecule has 1 atom stereocenters. The van der Waals surface area contributed by atoms with Gasteiger partial charge in [0.1, 0.15) is 12.6 Å². The van der Waals surface area contributed by atoms with E-state index in [4.69, 9.17) is 11.6 Å². The fourth-order valence-electron chi connectivity index (χ4n) is 4.47. The van der Waals surface area contributed by atoms with Gasteiger partial charge in [0.2, 0.25) is 21.8 Å². The SMILES string of the molecule is CCCCNC(=O)[C@@H](Cc1ccccc1)N(Cc1cccc(Cl)c1)C(=O)CN(c1cc([N+](=O)[O-])ccc1C)S(C)(=O)=O. The quantitative estimate of drug-likeness (QED) is 0.156. The molecule has 0 spiro atoms. The third-order valence-corrected chi connectivity index (χ3v) is 8.06. The minimum Gasteiger partial charge on any atom is -0.354 e. The zero-order chi connectivity index (χ0) is 30.9. The highest BCUT2D eigenvalue weighted by Crippen LogP contribution is 2.28. The van der Waals surface area contributed by atoms with Crippen molar-refractivity contribution < 1.29 is 22.9 Å². The van der Waals surface area contributed by atoms with Gasteiger partial charge >= 0.3 is 0 Å². The van der Waals surface area contributed by atoms with Gasteiger partial charge in [-0.25, -0.2) is 8.42 Å². The summed E-state index contributed by atoms with van der Waals surface area (Å²) >= 11 is 6.22. The molecule has 0 aromatic heterocycles. The van der Waals surface area contributed by atoms with Gasteiger partial charge in [0.25, 0.3) is 5.69 Å². The summed E-state index contributed by atoms with van der Waals surface area (Å²) in [5, 5.41) is 14.8. The standard InChI is InChI=1S/C30H35ClN4O6S/c1-4-5-16-32-30(37)28(18-23-10-7-6-8-11-23)33(20-24-12-9-13-25(31)17-24)29(36)21-34(42(3,40)41)27-19-26(35(38)39)15-14-22(27)2/h6-15,17,19,28H,4-5,16,18,20-21H2,1-3H3,(H,32,37)/t28-/m1/s1. The average Bonchev–Trinajstić information content (AvgIpc) is 2.94. The molecule has 0 bridgehead atoms. The number of sulfonamides is 1. The van der Waals surface area contributed by atoms with Crippen LogP contribution in [-0.2, 0) is 32.6 Å². The van der Waals surface area contributed by atoms with Crippen molar-refractivity contribution in [2.24, 2.45) is 0 Å². The molecule has 0 aliphatic carbocycles. The van der Waals surface area contributed by atoms with Gasteiger partial charge < -0.3 is 10.2 Å². The molecular formula is C30H35ClN4O6S. The molecule has 0 saturated heterocycles. The van der Waals surface area contributed by atoms with Crippen LogP contribution in [0.15, 0.2) is 72.8 Å². The maximum atomic E-state index is 14.1. The van der Waals surface area contributed by atoms with E-state index >= 15 is 0 Å². The van der Waals surface area contributed by atoms with E-state index < -0.39 is 33.4 Å². The summed E-state index contributed by atoms with van der Waals surface area (Å²) < 4.78 is 26.8. The topological polar surface area (TPSA) is 130 Å². The summed E-state index contributed by atoms with van der Waals surface area (Å²) in [6.45, 7) is 3.32. The van der Waals surface area contributed by atoms with Gasteiger partial charge in [-0.2, -0.15) is 0 Å². The zero-order valence-electron chi connectivity index (χ0n) is 23.8. The lowest BCUT2D eigenvalue weighted by molar-refractivity contribution is -0.384. The first-order valence-electron chi connectivity index (χ1n) is 13.5. The number of halogens is 1. The number of nitro groups is 1. The molecule has 224 valence electrons. The first-order chi connectivity index (χ1) is 19.9. The number of rotatable bonds is 14. The summed E-state index contributed by atoms with van der Waals surface area (Å²) in [4.78, 5) is 39.9. The minimum atomic E-state index is -4.07. The van der Waals surface area contributed by atoms with Crippen LogP contribution in [0.2, 0.25) is 5.02 Å². The number of non-ortho nitro benzene ring substituents is 1.